The molecule has 2 amide bonds. The van der Waals surface area contributed by atoms with Crippen LogP contribution >= 0.6 is 0 Å². The summed E-state index contributed by atoms with van der Waals surface area (Å²) < 4.78 is 1.80. The minimum Gasteiger partial charge on any atom is -0.465 e. The Morgan fingerprint density at radius 2 is 2.06 bits per heavy atom. The summed E-state index contributed by atoms with van der Waals surface area (Å²) in [5.41, 5.74) is 3.85. The van der Waals surface area contributed by atoms with Gasteiger partial charge in [0.25, 0.3) is 0 Å². The van der Waals surface area contributed by atoms with Crippen LogP contribution in [0.3, 0.4) is 0 Å². The Kier molecular flexibility index (Phi) is 6.53. The third-order valence-corrected chi connectivity index (χ3v) is 5.71. The summed E-state index contributed by atoms with van der Waals surface area (Å²) in [5.74, 6) is 0.697. The second-order valence-electron chi connectivity index (χ2n) is 8.11. The van der Waals surface area contributed by atoms with Gasteiger partial charge in [-0.3, -0.25) is 14.5 Å². The second kappa shape index (κ2) is 9.68. The zero-order chi connectivity index (χ0) is 23.4. The maximum absolute atomic E-state index is 12.4. The van der Waals surface area contributed by atoms with Gasteiger partial charge in [0, 0.05) is 55.9 Å². The van der Waals surface area contributed by atoms with Gasteiger partial charge in [-0.2, -0.15) is 5.10 Å². The Bertz CT molecular complexity index is 1130. The second-order valence-corrected chi connectivity index (χ2v) is 8.11. The van der Waals surface area contributed by atoms with Gasteiger partial charge < -0.3 is 20.6 Å². The Morgan fingerprint density at radius 1 is 1.21 bits per heavy atom. The molecule has 0 unspecified atom stereocenters. The zero-order valence-electron chi connectivity index (χ0n) is 18.6. The summed E-state index contributed by atoms with van der Waals surface area (Å²) >= 11 is 0. The summed E-state index contributed by atoms with van der Waals surface area (Å²) in [6.07, 6.45) is 9.07. The topological polar surface area (TPSA) is 125 Å². The average Bonchev–Trinajstić information content (AvgIpc) is 3.26. The van der Waals surface area contributed by atoms with Crippen LogP contribution in [0.1, 0.15) is 38.3 Å². The molecule has 10 nitrogen and oxygen atoms in total. The van der Waals surface area contributed by atoms with Gasteiger partial charge in [-0.15, -0.1) is 0 Å². The Balaban J connectivity index is 1.60. The minimum atomic E-state index is -1.02. The van der Waals surface area contributed by atoms with Crippen molar-refractivity contribution in [1.82, 2.24) is 25.1 Å². The SMILES string of the molecule is CC(=O)N1c2ccc(-c3cnn(CCCNC(=O)O)c3)cc2[C@H](Nc2cnccn2)C[C@@H]1C. The number of benzene rings is 1. The zero-order valence-corrected chi connectivity index (χ0v) is 18.6. The summed E-state index contributed by atoms with van der Waals surface area (Å²) in [5, 5.41) is 18.9. The predicted octanol–water partition coefficient (Wildman–Crippen LogP) is 3.30. The highest BCUT2D eigenvalue weighted by molar-refractivity contribution is 5.94. The molecular weight excluding hydrogens is 422 g/mol. The van der Waals surface area contributed by atoms with E-state index in [0.29, 0.717) is 25.3 Å². The van der Waals surface area contributed by atoms with E-state index >= 15 is 0 Å². The van der Waals surface area contributed by atoms with Gasteiger partial charge in [0.1, 0.15) is 5.82 Å². The molecule has 2 atom stereocenters. The van der Waals surface area contributed by atoms with Crippen molar-refractivity contribution in [1.29, 1.82) is 0 Å². The fourth-order valence-electron chi connectivity index (χ4n) is 4.28. The van der Waals surface area contributed by atoms with Crippen molar-refractivity contribution in [3.63, 3.8) is 0 Å². The van der Waals surface area contributed by atoms with Crippen LogP contribution in [0, 0.1) is 0 Å². The molecule has 0 fully saturated rings. The number of aryl methyl sites for hydroxylation is 1. The van der Waals surface area contributed by atoms with Gasteiger partial charge >= 0.3 is 6.09 Å². The summed E-state index contributed by atoms with van der Waals surface area (Å²) in [6.45, 7) is 4.62. The first kappa shape index (κ1) is 22.3. The van der Waals surface area contributed by atoms with Crippen molar-refractivity contribution in [3.05, 3.63) is 54.7 Å². The number of hydrogen-bond acceptors (Lipinski definition) is 6. The molecule has 10 heteroatoms. The molecule has 1 aromatic carbocycles. The molecule has 4 rings (SSSR count). The molecule has 0 radical (unpaired) electrons. The number of carboxylic acid groups (broad SMARTS) is 1. The molecule has 172 valence electrons. The van der Waals surface area contributed by atoms with E-state index in [4.69, 9.17) is 5.11 Å². The van der Waals surface area contributed by atoms with Crippen LogP contribution in [-0.4, -0.2) is 49.4 Å². The third kappa shape index (κ3) is 5.11. The van der Waals surface area contributed by atoms with Gasteiger partial charge in [-0.1, -0.05) is 6.07 Å². The first-order valence-electron chi connectivity index (χ1n) is 10.9. The molecule has 0 aliphatic carbocycles. The van der Waals surface area contributed by atoms with E-state index in [-0.39, 0.29) is 18.0 Å². The van der Waals surface area contributed by atoms with E-state index in [1.54, 1.807) is 36.4 Å². The largest absolute Gasteiger partial charge is 0.465 e. The van der Waals surface area contributed by atoms with Crippen molar-refractivity contribution in [2.75, 3.05) is 16.8 Å². The van der Waals surface area contributed by atoms with Gasteiger partial charge in [-0.05, 0) is 43.0 Å². The number of anilines is 2. The van der Waals surface area contributed by atoms with E-state index in [9.17, 15) is 9.59 Å². The summed E-state index contributed by atoms with van der Waals surface area (Å²) in [7, 11) is 0. The first-order chi connectivity index (χ1) is 15.9. The molecule has 3 aromatic rings. The number of nitrogens with one attached hydrogen (secondary N) is 2. The van der Waals surface area contributed by atoms with Gasteiger partial charge in [0.15, 0.2) is 0 Å². The normalized spacial score (nSPS) is 17.3. The predicted molar refractivity (Wildman–Crippen MR) is 124 cm³/mol. The van der Waals surface area contributed by atoms with Crippen LogP contribution in [0.2, 0.25) is 0 Å². The van der Waals surface area contributed by atoms with Gasteiger partial charge in [0.2, 0.25) is 5.91 Å². The van der Waals surface area contributed by atoms with Crippen molar-refractivity contribution in [2.45, 2.75) is 45.3 Å². The van der Waals surface area contributed by atoms with Gasteiger partial charge in [-0.25, -0.2) is 9.78 Å². The van der Waals surface area contributed by atoms with E-state index < -0.39 is 6.09 Å². The van der Waals surface area contributed by atoms with Crippen molar-refractivity contribution in [3.8, 4) is 11.1 Å². The lowest BCUT2D eigenvalue weighted by atomic mass is 9.89. The summed E-state index contributed by atoms with van der Waals surface area (Å²) in [6, 6.07) is 6.09. The summed E-state index contributed by atoms with van der Waals surface area (Å²) in [4.78, 5) is 33.3. The molecule has 3 heterocycles. The van der Waals surface area contributed by atoms with Crippen LogP contribution in [0.4, 0.5) is 16.3 Å². The molecule has 3 N–H and O–H groups in total. The maximum Gasteiger partial charge on any atom is 0.404 e. The number of fused-ring (bicyclic) bond motifs is 1. The lowest BCUT2D eigenvalue weighted by molar-refractivity contribution is -0.117. The highest BCUT2D eigenvalue weighted by atomic mass is 16.4. The lowest BCUT2D eigenvalue weighted by Gasteiger charge is -2.39. The molecule has 2 aromatic heterocycles. The van der Waals surface area contributed by atoms with Crippen molar-refractivity contribution in [2.24, 2.45) is 0 Å². The molecule has 1 aliphatic rings. The fraction of sp³-hybridized carbons (Fsp3) is 0.348. The number of hydrogen-bond donors (Lipinski definition) is 3. The number of nitrogens with zero attached hydrogens (tertiary/aromatic N) is 5. The Labute approximate surface area is 191 Å². The molecule has 0 saturated heterocycles. The molecule has 33 heavy (non-hydrogen) atoms. The minimum absolute atomic E-state index is 0.0113. The lowest BCUT2D eigenvalue weighted by Crippen LogP contribution is -2.43. The number of rotatable bonds is 7. The number of carbonyl (C=O) groups excluding carboxylic acids is 1. The van der Waals surface area contributed by atoms with Crippen molar-refractivity contribution < 1.29 is 14.7 Å². The number of carbonyl (C=O) groups is 2. The smallest absolute Gasteiger partial charge is 0.404 e. The molecular formula is C23H27N7O3. The number of aromatic nitrogens is 4. The molecule has 0 spiro atoms. The van der Waals surface area contributed by atoms with E-state index in [2.05, 4.69) is 31.8 Å². The average molecular weight is 450 g/mol. The highest BCUT2D eigenvalue weighted by Crippen LogP contribution is 2.40. The molecule has 0 bridgehead atoms. The van der Waals surface area contributed by atoms with Crippen LogP contribution in [0.5, 0.6) is 0 Å². The van der Waals surface area contributed by atoms with Crippen LogP contribution < -0.4 is 15.5 Å². The van der Waals surface area contributed by atoms with Crippen LogP contribution in [-0.2, 0) is 11.3 Å². The van der Waals surface area contributed by atoms with Crippen molar-refractivity contribution >= 4 is 23.5 Å². The quantitative estimate of drug-likeness (QED) is 0.473. The molecule has 0 saturated carbocycles. The van der Waals surface area contributed by atoms with Gasteiger partial charge in [0.05, 0.1) is 18.4 Å². The Morgan fingerprint density at radius 3 is 2.79 bits per heavy atom. The molecule has 1 aliphatic heterocycles. The monoisotopic (exact) mass is 449 g/mol. The third-order valence-electron chi connectivity index (χ3n) is 5.71. The maximum atomic E-state index is 12.4. The van der Waals surface area contributed by atoms with E-state index in [1.807, 2.05) is 30.2 Å². The first-order valence-corrected chi connectivity index (χ1v) is 10.9. The Hall–Kier alpha value is -3.95. The van der Waals surface area contributed by atoms with Crippen LogP contribution in [0.25, 0.3) is 11.1 Å². The van der Waals surface area contributed by atoms with E-state index in [1.165, 1.54) is 0 Å². The fourth-order valence-corrected chi connectivity index (χ4v) is 4.28. The van der Waals surface area contributed by atoms with E-state index in [0.717, 1.165) is 28.8 Å². The van der Waals surface area contributed by atoms with Crippen LogP contribution in [0.15, 0.2) is 49.2 Å². The number of amides is 2. The standard InChI is InChI=1S/C23H27N7O3/c1-15-10-20(28-22-13-24-7-8-25-22)19-11-17(4-5-21(19)30(15)16(2)31)18-12-27-29(14-18)9-3-6-26-23(32)33/h4-5,7-8,11-15,20,26H,3,6,9-10H2,1-2H3,(H,25,28)(H,32,33)/t15-,20+/m0/s1. The highest BCUT2D eigenvalue weighted by Gasteiger charge is 2.33.